The molecule has 11 atom stereocenters. The number of aliphatic hydroxyl groups excluding tert-OH is 1. The number of aromatic hydroxyl groups is 1. The highest BCUT2D eigenvalue weighted by atomic mass is 32.1. The van der Waals surface area contributed by atoms with Crippen LogP contribution in [0.2, 0.25) is 0 Å². The number of nitrogens with zero attached hydrogens (tertiary/aromatic N) is 1. The summed E-state index contributed by atoms with van der Waals surface area (Å²) < 4.78 is 0. The molecule has 2 heterocycles. The summed E-state index contributed by atoms with van der Waals surface area (Å²) in [5.74, 6) is -14.3. The summed E-state index contributed by atoms with van der Waals surface area (Å²) in [5.41, 5.74) is 7.95. The molecule has 0 radical (unpaired) electrons. The van der Waals surface area contributed by atoms with Crippen LogP contribution in [0.5, 0.6) is 5.75 Å². The Morgan fingerprint density at radius 3 is 1.60 bits per heavy atom. The molecular weight excluding hydrogens is 1190 g/mol. The van der Waals surface area contributed by atoms with Gasteiger partial charge < -0.3 is 83.7 Å². The maximum atomic E-state index is 14.9. The number of carboxylic acid groups (broad SMARTS) is 3. The van der Waals surface area contributed by atoms with Gasteiger partial charge in [0.05, 0.1) is 18.6 Å². The van der Waals surface area contributed by atoms with E-state index in [-0.39, 0.29) is 56.6 Å². The average Bonchev–Trinajstić information content (AvgIpc) is 2.32. The normalized spacial score (nSPS) is 16.4. The van der Waals surface area contributed by atoms with Gasteiger partial charge in [-0.3, -0.25) is 52.7 Å². The number of phenols is 1. The lowest BCUT2D eigenvalue weighted by Gasteiger charge is -2.31. The van der Waals surface area contributed by atoms with E-state index in [1.54, 1.807) is 74.6 Å². The fourth-order valence-electron chi connectivity index (χ4n) is 9.58. The quantitative estimate of drug-likeness (QED) is 0.0239. The molecule has 5 rings (SSSR count). The fraction of sp³-hybridized carbons (Fsp3) is 0.448. The Hall–Kier alpha value is -8.74. The molecule has 16 N–H and O–H groups in total. The number of aromatic amines is 1. The van der Waals surface area contributed by atoms with Crippen molar-refractivity contribution >= 4 is 107 Å². The summed E-state index contributed by atoms with van der Waals surface area (Å²) in [4.78, 5) is 166. The molecule has 4 aromatic rings. The van der Waals surface area contributed by atoms with Crippen molar-refractivity contribution in [3.05, 3.63) is 102 Å². The number of rotatable bonds is 33. The Kier molecular flexibility index (Phi) is 26.6. The number of nitrogens with one attached hydrogen (secondary N) is 9. The van der Waals surface area contributed by atoms with Crippen molar-refractivity contribution < 1.29 is 83.1 Å². The van der Waals surface area contributed by atoms with E-state index in [1.165, 1.54) is 31.2 Å². The predicted molar refractivity (Wildman–Crippen MR) is 323 cm³/mol. The Balaban J connectivity index is 1.40. The molecule has 3 aromatic carbocycles. The zero-order valence-corrected chi connectivity index (χ0v) is 50.1. The molecule has 0 aliphatic carbocycles. The second-order valence-corrected chi connectivity index (χ2v) is 22.2. The first kappa shape index (κ1) is 70.0. The molecule has 0 spiro atoms. The van der Waals surface area contributed by atoms with E-state index in [0.29, 0.717) is 27.6 Å². The van der Waals surface area contributed by atoms with Gasteiger partial charge in [-0.15, -0.1) is 0 Å². The number of likely N-dealkylation sites (tertiary alicyclic amines) is 1. The van der Waals surface area contributed by atoms with Gasteiger partial charge in [0.15, 0.2) is 0 Å². The highest BCUT2D eigenvalue weighted by molar-refractivity contribution is 7.80. The Bertz CT molecular complexity index is 3150. The molecule has 30 heteroatoms. The molecule has 0 unspecified atom stereocenters. The van der Waals surface area contributed by atoms with Crippen LogP contribution in [0.25, 0.3) is 10.9 Å². The molecule has 1 aliphatic rings. The van der Waals surface area contributed by atoms with Crippen LogP contribution in [0.4, 0.5) is 0 Å². The topological polar surface area (TPSA) is 447 Å². The van der Waals surface area contributed by atoms with Crippen LogP contribution < -0.4 is 48.3 Å². The summed E-state index contributed by atoms with van der Waals surface area (Å²) in [5, 5.41) is 69.8. The maximum Gasteiger partial charge on any atom is 0.326 e. The van der Waals surface area contributed by atoms with E-state index < -0.39 is 162 Å². The van der Waals surface area contributed by atoms with Crippen molar-refractivity contribution in [1.82, 2.24) is 52.4 Å². The number of amides is 9. The van der Waals surface area contributed by atoms with Crippen LogP contribution in [0, 0.1) is 5.92 Å². The summed E-state index contributed by atoms with van der Waals surface area (Å²) in [6.07, 6.45) is -2.19. The van der Waals surface area contributed by atoms with Crippen molar-refractivity contribution in [3.8, 4) is 5.75 Å². The molecule has 9 amide bonds. The van der Waals surface area contributed by atoms with Crippen molar-refractivity contribution in [2.75, 3.05) is 18.1 Å². The number of hydrogen-bond acceptors (Lipinski definition) is 17. The number of hydrogen-bond donors (Lipinski definition) is 17. The van der Waals surface area contributed by atoms with E-state index in [2.05, 4.69) is 72.8 Å². The number of carbonyl (C=O) groups excluding carboxylic acids is 9. The van der Waals surface area contributed by atoms with Crippen LogP contribution in [0.15, 0.2) is 85.1 Å². The molecule has 1 fully saturated rings. The number of aliphatic hydroxyl groups is 1. The third kappa shape index (κ3) is 20.4. The molecule has 476 valence electrons. The number of para-hydroxylation sites is 1. The second-order valence-electron chi connectivity index (χ2n) is 21.5. The standard InChI is InChI=1S/C58H75N11O17S2/c1-29(2)47(58(85)86)67-55(82)43(28-88)66-51(78)39(23-32-15-17-34(71)18-16-32)61-52(79)40(24-33-26-60-37-13-8-7-12-35(33)37)63-50(77)38(22-31-10-5-4-6-11-31)62-54(81)42(27-87)65-53(80)41(25-46(74)75)64-56(83)44-14-9-21-69(44)57(84)48(30(3)70)68-49(76)36(59)19-20-45(72)73/h4-8,10-13,15-18,26,29-30,36,38-44,47-48,60,70-71,87-88H,9,14,19-25,27-28,59H2,1-3H3,(H,61,79)(H,62,81)(H,63,77)(H,64,83)(H,65,80)(H,66,78)(H,67,82)(H,68,76)(H,72,73)(H,74,75)(H,85,86)/t30-,36+,38+,39+,40+,41+,42+,43+,44-,47+,48+/m1/s1. The van der Waals surface area contributed by atoms with E-state index >= 15 is 0 Å². The molecule has 28 nitrogen and oxygen atoms in total. The first-order valence-electron chi connectivity index (χ1n) is 28.1. The lowest BCUT2D eigenvalue weighted by atomic mass is 10.00. The van der Waals surface area contributed by atoms with Gasteiger partial charge in [-0.1, -0.05) is 74.5 Å². The lowest BCUT2D eigenvalue weighted by Crippen LogP contribution is -2.62. The van der Waals surface area contributed by atoms with Gasteiger partial charge >= 0.3 is 17.9 Å². The molecule has 0 bridgehead atoms. The highest BCUT2D eigenvalue weighted by Gasteiger charge is 2.42. The minimum atomic E-state index is -1.89. The number of thiol groups is 2. The molecule has 1 saturated heterocycles. The Morgan fingerprint density at radius 2 is 1.08 bits per heavy atom. The number of fused-ring (bicyclic) bond motifs is 1. The predicted octanol–water partition coefficient (Wildman–Crippen LogP) is -1.58. The SMILES string of the molecule is CC(C)[C@H](NC(=O)[C@H](CS)NC(=O)[C@H](Cc1ccc(O)cc1)NC(=O)[C@H](Cc1c[nH]c2ccccc12)NC(=O)[C@H](Cc1ccccc1)NC(=O)[C@H](CS)NC(=O)[C@H](CC(=O)O)NC(=O)[C@H]1CCCN1C(=O)[C@@H](NC(=O)[C@@H](N)CCC(=O)O)[C@@H](C)O)C(=O)O. The van der Waals surface area contributed by atoms with Crippen LogP contribution in [-0.4, -0.2) is 191 Å². The second kappa shape index (κ2) is 33.4. The third-order valence-electron chi connectivity index (χ3n) is 14.4. The smallest absolute Gasteiger partial charge is 0.326 e. The number of aliphatic carboxylic acids is 3. The molecular formula is C58H75N11O17S2. The highest BCUT2D eigenvalue weighted by Crippen LogP contribution is 2.22. The van der Waals surface area contributed by atoms with Gasteiger partial charge in [-0.05, 0) is 67.0 Å². The summed E-state index contributed by atoms with van der Waals surface area (Å²) in [6.45, 7) is 4.26. The number of carbonyl (C=O) groups is 12. The molecule has 1 aliphatic heterocycles. The minimum Gasteiger partial charge on any atom is -0.508 e. The van der Waals surface area contributed by atoms with Crippen molar-refractivity contribution in [2.45, 2.75) is 139 Å². The molecule has 88 heavy (non-hydrogen) atoms. The number of phenolic OH excluding ortho intramolecular Hbond substituents is 1. The van der Waals surface area contributed by atoms with Gasteiger partial charge in [0.2, 0.25) is 53.2 Å². The van der Waals surface area contributed by atoms with E-state index in [9.17, 15) is 78.0 Å². The minimum absolute atomic E-state index is 0.00235. The fourth-order valence-corrected chi connectivity index (χ4v) is 10.1. The lowest BCUT2D eigenvalue weighted by molar-refractivity contribution is -0.145. The number of carboxylic acids is 3. The zero-order valence-electron chi connectivity index (χ0n) is 48.3. The third-order valence-corrected chi connectivity index (χ3v) is 15.2. The van der Waals surface area contributed by atoms with E-state index in [4.69, 9.17) is 10.8 Å². The zero-order chi connectivity index (χ0) is 64.9. The number of nitrogens with two attached hydrogens (primary N) is 1. The number of H-pyrrole nitrogens is 1. The van der Waals surface area contributed by atoms with Crippen molar-refractivity contribution in [2.24, 2.45) is 11.7 Å². The van der Waals surface area contributed by atoms with Gasteiger partial charge in [-0.25, -0.2) is 4.79 Å². The van der Waals surface area contributed by atoms with Crippen molar-refractivity contribution in [3.63, 3.8) is 0 Å². The van der Waals surface area contributed by atoms with Crippen LogP contribution in [0.3, 0.4) is 0 Å². The van der Waals surface area contributed by atoms with Gasteiger partial charge in [0.1, 0.15) is 60.1 Å². The summed E-state index contributed by atoms with van der Waals surface area (Å²) >= 11 is 8.50. The van der Waals surface area contributed by atoms with Gasteiger partial charge in [0.25, 0.3) is 0 Å². The molecule has 0 saturated carbocycles. The monoisotopic (exact) mass is 1260 g/mol. The summed E-state index contributed by atoms with van der Waals surface area (Å²) in [6, 6.07) is 5.82. The van der Waals surface area contributed by atoms with Gasteiger partial charge in [0, 0.05) is 60.8 Å². The first-order chi connectivity index (χ1) is 41.7. The summed E-state index contributed by atoms with van der Waals surface area (Å²) in [7, 11) is 0. The van der Waals surface area contributed by atoms with Gasteiger partial charge in [-0.2, -0.15) is 25.3 Å². The Morgan fingerprint density at radius 1 is 0.591 bits per heavy atom. The van der Waals surface area contributed by atoms with E-state index in [0.717, 1.165) is 4.90 Å². The Labute approximate surface area is 516 Å². The average molecular weight is 1260 g/mol. The molecule has 1 aromatic heterocycles. The first-order valence-corrected chi connectivity index (χ1v) is 29.4. The van der Waals surface area contributed by atoms with E-state index in [1.807, 2.05) is 0 Å². The number of benzene rings is 3. The van der Waals surface area contributed by atoms with Crippen LogP contribution >= 0.6 is 25.3 Å². The van der Waals surface area contributed by atoms with Crippen LogP contribution in [0.1, 0.15) is 69.6 Å². The number of aromatic nitrogens is 1. The maximum absolute atomic E-state index is 14.9. The van der Waals surface area contributed by atoms with Crippen LogP contribution in [-0.2, 0) is 76.8 Å². The van der Waals surface area contributed by atoms with Crippen molar-refractivity contribution in [1.29, 1.82) is 0 Å². The largest absolute Gasteiger partial charge is 0.508 e.